The van der Waals surface area contributed by atoms with Crippen LogP contribution in [-0.2, 0) is 11.0 Å². The summed E-state index contributed by atoms with van der Waals surface area (Å²) in [5.41, 5.74) is 0.0883. The molecule has 0 aromatic heterocycles. The van der Waals surface area contributed by atoms with Gasteiger partial charge >= 0.3 is 6.18 Å². The second-order valence-corrected chi connectivity index (χ2v) is 7.34. The predicted molar refractivity (Wildman–Crippen MR) is 97.5 cm³/mol. The van der Waals surface area contributed by atoms with Gasteiger partial charge in [0.1, 0.15) is 0 Å². The first-order valence-electron chi connectivity index (χ1n) is 9.01. The van der Waals surface area contributed by atoms with E-state index >= 15 is 0 Å². The number of carbonyl (C=O) groups excluding carboxylic acids is 1. The Balaban J connectivity index is 0.00000243. The Morgan fingerprint density at radius 1 is 1.27 bits per heavy atom. The SMILES string of the molecule is CCC(C(=O)N1CCC2(CCNC2)CC1)c1cccc(C(F)(F)F)c1.Cl. The molecule has 2 fully saturated rings. The van der Waals surface area contributed by atoms with Crippen molar-refractivity contribution in [3.63, 3.8) is 0 Å². The fourth-order valence-electron chi connectivity index (χ4n) is 4.13. The van der Waals surface area contributed by atoms with Gasteiger partial charge in [0.05, 0.1) is 11.5 Å². The van der Waals surface area contributed by atoms with Gasteiger partial charge in [0.15, 0.2) is 0 Å². The van der Waals surface area contributed by atoms with E-state index in [0.29, 0.717) is 30.5 Å². The molecule has 2 aliphatic heterocycles. The highest BCUT2D eigenvalue weighted by atomic mass is 35.5. The maximum atomic E-state index is 13.0. The number of rotatable bonds is 3. The van der Waals surface area contributed by atoms with Gasteiger partial charge in [0.25, 0.3) is 0 Å². The summed E-state index contributed by atoms with van der Waals surface area (Å²) in [5.74, 6) is -0.541. The van der Waals surface area contributed by atoms with Crippen molar-refractivity contribution >= 4 is 18.3 Å². The lowest BCUT2D eigenvalue weighted by Gasteiger charge is -2.40. The van der Waals surface area contributed by atoms with E-state index in [9.17, 15) is 18.0 Å². The average Bonchev–Trinajstić information content (AvgIpc) is 3.04. The predicted octanol–water partition coefficient (Wildman–Crippen LogP) is 4.22. The minimum atomic E-state index is -4.38. The summed E-state index contributed by atoms with van der Waals surface area (Å²) in [7, 11) is 0. The average molecular weight is 391 g/mol. The monoisotopic (exact) mass is 390 g/mol. The molecule has 1 amide bonds. The number of benzene rings is 1. The zero-order chi connectivity index (χ0) is 18.1. The van der Waals surface area contributed by atoms with Gasteiger partial charge in [-0.2, -0.15) is 13.2 Å². The molecule has 0 aliphatic carbocycles. The number of likely N-dealkylation sites (tertiary alicyclic amines) is 1. The van der Waals surface area contributed by atoms with Crippen molar-refractivity contribution in [1.82, 2.24) is 10.2 Å². The number of hydrogen-bond donors (Lipinski definition) is 1. The minimum Gasteiger partial charge on any atom is -0.342 e. The lowest BCUT2D eigenvalue weighted by atomic mass is 9.77. The van der Waals surface area contributed by atoms with Crippen molar-refractivity contribution in [1.29, 1.82) is 0 Å². The fourth-order valence-corrected chi connectivity index (χ4v) is 4.13. The smallest absolute Gasteiger partial charge is 0.342 e. The van der Waals surface area contributed by atoms with Crippen molar-refractivity contribution in [3.8, 4) is 0 Å². The highest BCUT2D eigenvalue weighted by Crippen LogP contribution is 2.38. The molecule has 146 valence electrons. The molecular weight excluding hydrogens is 365 g/mol. The Morgan fingerprint density at radius 3 is 2.50 bits per heavy atom. The van der Waals surface area contributed by atoms with E-state index < -0.39 is 17.7 Å². The van der Waals surface area contributed by atoms with Crippen LogP contribution in [0.25, 0.3) is 0 Å². The molecule has 1 aromatic rings. The van der Waals surface area contributed by atoms with Crippen molar-refractivity contribution in [3.05, 3.63) is 35.4 Å². The first-order chi connectivity index (χ1) is 11.8. The van der Waals surface area contributed by atoms with E-state index in [2.05, 4.69) is 5.32 Å². The van der Waals surface area contributed by atoms with Crippen molar-refractivity contribution in [2.24, 2.45) is 5.41 Å². The summed E-state index contributed by atoms with van der Waals surface area (Å²) >= 11 is 0. The van der Waals surface area contributed by atoms with Gasteiger partial charge in [0.2, 0.25) is 5.91 Å². The molecule has 0 radical (unpaired) electrons. The van der Waals surface area contributed by atoms with Crippen LogP contribution >= 0.6 is 12.4 Å². The van der Waals surface area contributed by atoms with Crippen molar-refractivity contribution in [2.75, 3.05) is 26.2 Å². The Labute approximate surface area is 158 Å². The zero-order valence-electron chi connectivity index (χ0n) is 14.9. The first-order valence-corrected chi connectivity index (χ1v) is 9.01. The van der Waals surface area contributed by atoms with E-state index in [1.54, 1.807) is 6.07 Å². The van der Waals surface area contributed by atoms with E-state index in [1.165, 1.54) is 6.07 Å². The molecule has 2 heterocycles. The summed E-state index contributed by atoms with van der Waals surface area (Å²) in [5, 5.41) is 3.40. The van der Waals surface area contributed by atoms with Gasteiger partial charge in [-0.3, -0.25) is 4.79 Å². The normalized spacial score (nSPS) is 20.7. The number of amides is 1. The van der Waals surface area contributed by atoms with Gasteiger partial charge in [-0.1, -0.05) is 25.1 Å². The summed E-state index contributed by atoms with van der Waals surface area (Å²) < 4.78 is 38.9. The molecule has 1 unspecified atom stereocenters. The molecule has 1 aromatic carbocycles. The van der Waals surface area contributed by atoms with E-state index in [0.717, 1.165) is 44.5 Å². The number of carbonyl (C=O) groups is 1. The Morgan fingerprint density at radius 2 is 1.96 bits per heavy atom. The molecule has 3 rings (SSSR count). The number of halogens is 4. The van der Waals surface area contributed by atoms with Crippen molar-refractivity contribution < 1.29 is 18.0 Å². The molecule has 1 spiro atoms. The van der Waals surface area contributed by atoms with Crippen LogP contribution in [0.3, 0.4) is 0 Å². The zero-order valence-corrected chi connectivity index (χ0v) is 15.8. The Hall–Kier alpha value is -1.27. The molecule has 3 nitrogen and oxygen atoms in total. The third-order valence-corrected chi connectivity index (χ3v) is 5.79. The Bertz CT molecular complexity index is 619. The van der Waals surface area contributed by atoms with Crippen LogP contribution in [0.15, 0.2) is 24.3 Å². The summed E-state index contributed by atoms with van der Waals surface area (Å²) in [4.78, 5) is 14.8. The van der Waals surface area contributed by atoms with E-state index in [-0.39, 0.29) is 18.3 Å². The van der Waals surface area contributed by atoms with Gasteiger partial charge < -0.3 is 10.2 Å². The van der Waals surface area contributed by atoms with Gasteiger partial charge in [-0.25, -0.2) is 0 Å². The molecule has 2 aliphatic rings. The maximum Gasteiger partial charge on any atom is 0.416 e. The fraction of sp³-hybridized carbons (Fsp3) is 0.632. The van der Waals surface area contributed by atoms with Crippen LogP contribution in [0.1, 0.15) is 49.7 Å². The molecule has 0 bridgehead atoms. The first kappa shape index (κ1) is 21.0. The topological polar surface area (TPSA) is 32.3 Å². The molecule has 26 heavy (non-hydrogen) atoms. The summed E-state index contributed by atoms with van der Waals surface area (Å²) in [6, 6.07) is 5.20. The lowest BCUT2D eigenvalue weighted by molar-refractivity contribution is -0.138. The van der Waals surface area contributed by atoms with Crippen LogP contribution in [0.2, 0.25) is 0 Å². The molecule has 1 atom stereocenters. The van der Waals surface area contributed by atoms with Crippen LogP contribution in [0.4, 0.5) is 13.2 Å². The lowest BCUT2D eigenvalue weighted by Crippen LogP contribution is -2.45. The van der Waals surface area contributed by atoms with Gasteiger partial charge in [-0.15, -0.1) is 12.4 Å². The largest absolute Gasteiger partial charge is 0.416 e. The van der Waals surface area contributed by atoms with E-state index in [4.69, 9.17) is 0 Å². The van der Waals surface area contributed by atoms with Crippen LogP contribution < -0.4 is 5.32 Å². The molecular formula is C19H26ClF3N2O. The Kier molecular flexibility index (Phi) is 6.61. The van der Waals surface area contributed by atoms with Gasteiger partial charge in [0, 0.05) is 19.6 Å². The number of piperidine rings is 1. The second kappa shape index (κ2) is 8.17. The summed E-state index contributed by atoms with van der Waals surface area (Å²) in [6.45, 7) is 5.32. The van der Waals surface area contributed by atoms with E-state index in [1.807, 2.05) is 11.8 Å². The second-order valence-electron chi connectivity index (χ2n) is 7.34. The van der Waals surface area contributed by atoms with Crippen LogP contribution in [-0.4, -0.2) is 37.0 Å². The number of nitrogens with zero attached hydrogens (tertiary/aromatic N) is 1. The maximum absolute atomic E-state index is 13.0. The van der Waals surface area contributed by atoms with Crippen LogP contribution in [0.5, 0.6) is 0 Å². The third-order valence-electron chi connectivity index (χ3n) is 5.79. The highest BCUT2D eigenvalue weighted by Gasteiger charge is 2.39. The molecule has 7 heteroatoms. The molecule has 2 saturated heterocycles. The third kappa shape index (κ3) is 4.34. The number of nitrogens with one attached hydrogen (secondary N) is 1. The summed E-state index contributed by atoms with van der Waals surface area (Å²) in [6.07, 6.45) is -0.775. The highest BCUT2D eigenvalue weighted by molar-refractivity contribution is 5.85. The number of alkyl halides is 3. The standard InChI is InChI=1S/C19H25F3N2O.ClH/c1-2-16(14-4-3-5-15(12-14)19(20,21)22)17(25)24-10-7-18(8-11-24)6-9-23-13-18;/h3-5,12,16,23H,2,6-11,13H2,1H3;1H. The minimum absolute atomic E-state index is 0. The molecule has 0 saturated carbocycles. The number of hydrogen-bond acceptors (Lipinski definition) is 2. The molecule has 1 N–H and O–H groups in total. The quantitative estimate of drug-likeness (QED) is 0.838. The van der Waals surface area contributed by atoms with Crippen LogP contribution in [0, 0.1) is 5.41 Å². The van der Waals surface area contributed by atoms with Crippen molar-refractivity contribution in [2.45, 2.75) is 44.7 Å². The van der Waals surface area contributed by atoms with Gasteiger partial charge in [-0.05, 0) is 49.3 Å².